The van der Waals surface area contributed by atoms with E-state index in [1.807, 2.05) is 0 Å². The number of hydrogen-bond donors (Lipinski definition) is 0. The Morgan fingerprint density at radius 2 is 1.48 bits per heavy atom. The Bertz CT molecular complexity index is 851. The van der Waals surface area contributed by atoms with E-state index in [4.69, 9.17) is 0 Å². The molecule has 104 valence electrons. The Morgan fingerprint density at radius 3 is 2.33 bits per heavy atom. The third kappa shape index (κ3) is 1.63. The SMILES string of the molecule is CN1c2ccccc2[Si](C)(C)c2c1ccc1ccccc21. The molecule has 0 radical (unpaired) electrons. The molecule has 0 N–H and O–H groups in total. The number of para-hydroxylation sites is 1. The van der Waals surface area contributed by atoms with Crippen molar-refractivity contribution in [2.45, 2.75) is 13.1 Å². The molecule has 1 aliphatic heterocycles. The van der Waals surface area contributed by atoms with Gasteiger partial charge in [0.25, 0.3) is 0 Å². The van der Waals surface area contributed by atoms with Crippen LogP contribution in [0.1, 0.15) is 0 Å². The van der Waals surface area contributed by atoms with Crippen molar-refractivity contribution in [2.75, 3.05) is 11.9 Å². The zero-order valence-electron chi connectivity index (χ0n) is 12.7. The highest BCUT2D eigenvalue weighted by molar-refractivity contribution is 7.04. The molecule has 0 saturated heterocycles. The van der Waals surface area contributed by atoms with Crippen LogP contribution in [0.3, 0.4) is 0 Å². The molecular formula is C19H19NSi. The second-order valence-corrected chi connectivity index (χ2v) is 10.7. The van der Waals surface area contributed by atoms with Crippen LogP contribution in [0.4, 0.5) is 11.4 Å². The summed E-state index contributed by atoms with van der Waals surface area (Å²) in [5.74, 6) is 0. The summed E-state index contributed by atoms with van der Waals surface area (Å²) in [7, 11) is 0.511. The Kier molecular flexibility index (Phi) is 2.54. The highest BCUT2D eigenvalue weighted by Crippen LogP contribution is 2.33. The van der Waals surface area contributed by atoms with E-state index in [-0.39, 0.29) is 0 Å². The number of hydrogen-bond acceptors (Lipinski definition) is 1. The molecule has 2 heteroatoms. The number of anilines is 2. The normalized spacial score (nSPS) is 15.7. The molecule has 0 unspecified atom stereocenters. The van der Waals surface area contributed by atoms with E-state index in [1.165, 1.54) is 27.3 Å². The molecule has 0 amide bonds. The molecular weight excluding hydrogens is 270 g/mol. The van der Waals surface area contributed by atoms with Crippen molar-refractivity contribution in [2.24, 2.45) is 0 Å². The van der Waals surface area contributed by atoms with E-state index in [9.17, 15) is 0 Å². The summed E-state index contributed by atoms with van der Waals surface area (Å²) >= 11 is 0. The van der Waals surface area contributed by atoms with Crippen molar-refractivity contribution in [3.63, 3.8) is 0 Å². The van der Waals surface area contributed by atoms with Gasteiger partial charge >= 0.3 is 0 Å². The summed E-state index contributed by atoms with van der Waals surface area (Å²) in [6.45, 7) is 4.95. The maximum Gasteiger partial charge on any atom is 0.118 e. The summed E-state index contributed by atoms with van der Waals surface area (Å²) in [5, 5.41) is 5.88. The Labute approximate surface area is 126 Å². The number of nitrogens with zero attached hydrogens (tertiary/aromatic N) is 1. The molecule has 0 fully saturated rings. The van der Waals surface area contributed by atoms with Crippen molar-refractivity contribution < 1.29 is 0 Å². The van der Waals surface area contributed by atoms with Gasteiger partial charge in [-0.05, 0) is 33.3 Å². The first-order chi connectivity index (χ1) is 10.1. The van der Waals surface area contributed by atoms with Gasteiger partial charge in [-0.3, -0.25) is 0 Å². The summed E-state index contributed by atoms with van der Waals surface area (Å²) in [4.78, 5) is 2.36. The molecule has 1 nitrogen and oxygen atoms in total. The van der Waals surface area contributed by atoms with Crippen LogP contribution < -0.4 is 15.3 Å². The predicted octanol–water partition coefficient (Wildman–Crippen LogP) is 3.74. The Balaban J connectivity index is 2.14. The first kappa shape index (κ1) is 12.7. The third-order valence-electron chi connectivity index (χ3n) is 4.83. The summed E-state index contributed by atoms with van der Waals surface area (Å²) in [5.41, 5.74) is 2.75. The largest absolute Gasteiger partial charge is 0.345 e. The van der Waals surface area contributed by atoms with Crippen molar-refractivity contribution >= 4 is 40.6 Å². The molecule has 0 saturated carbocycles. The fourth-order valence-electron chi connectivity index (χ4n) is 3.76. The fourth-order valence-corrected chi connectivity index (χ4v) is 7.22. The second kappa shape index (κ2) is 4.22. The molecule has 1 heterocycles. The highest BCUT2D eigenvalue weighted by Gasteiger charge is 2.37. The molecule has 3 aromatic rings. The van der Waals surface area contributed by atoms with E-state index in [0.29, 0.717) is 0 Å². The average molecular weight is 289 g/mol. The van der Waals surface area contributed by atoms with Gasteiger partial charge in [-0.1, -0.05) is 61.6 Å². The van der Waals surface area contributed by atoms with Crippen LogP contribution in [0, 0.1) is 0 Å². The number of rotatable bonds is 0. The molecule has 0 atom stereocenters. The van der Waals surface area contributed by atoms with Gasteiger partial charge in [-0.2, -0.15) is 0 Å². The summed E-state index contributed by atoms with van der Waals surface area (Å²) in [6.07, 6.45) is 0. The monoisotopic (exact) mass is 289 g/mol. The molecule has 1 aliphatic rings. The lowest BCUT2D eigenvalue weighted by molar-refractivity contribution is 1.22. The average Bonchev–Trinajstić information content (AvgIpc) is 2.52. The van der Waals surface area contributed by atoms with Gasteiger partial charge in [0.05, 0.1) is 0 Å². The van der Waals surface area contributed by atoms with Gasteiger partial charge in [0.15, 0.2) is 0 Å². The summed E-state index contributed by atoms with van der Waals surface area (Å²) < 4.78 is 0. The molecule has 0 aliphatic carbocycles. The lowest BCUT2D eigenvalue weighted by Gasteiger charge is -2.40. The van der Waals surface area contributed by atoms with Crippen molar-refractivity contribution in [1.29, 1.82) is 0 Å². The van der Waals surface area contributed by atoms with E-state index >= 15 is 0 Å². The zero-order chi connectivity index (χ0) is 14.6. The number of benzene rings is 3. The minimum absolute atomic E-state index is 1.35. The van der Waals surface area contributed by atoms with Crippen LogP contribution in [0.5, 0.6) is 0 Å². The van der Waals surface area contributed by atoms with Crippen LogP contribution in [-0.4, -0.2) is 15.1 Å². The van der Waals surface area contributed by atoms with Gasteiger partial charge in [0, 0.05) is 18.4 Å². The molecule has 0 spiro atoms. The Hall–Kier alpha value is -2.06. The number of fused-ring (bicyclic) bond motifs is 4. The molecule has 0 bridgehead atoms. The maximum atomic E-state index is 2.48. The van der Waals surface area contributed by atoms with Crippen molar-refractivity contribution in [3.8, 4) is 0 Å². The van der Waals surface area contributed by atoms with Gasteiger partial charge in [0.1, 0.15) is 8.07 Å². The summed E-state index contributed by atoms with van der Waals surface area (Å²) in [6, 6.07) is 22.2. The van der Waals surface area contributed by atoms with Crippen LogP contribution in [0.2, 0.25) is 13.1 Å². The standard InChI is InChI=1S/C19H19NSi/c1-20-16-10-6-7-11-18(16)21(2,3)19-15-9-5-4-8-14(15)12-13-17(19)20/h4-13H,1-3H3. The van der Waals surface area contributed by atoms with Gasteiger partial charge in [0.2, 0.25) is 0 Å². The minimum atomic E-state index is -1.68. The van der Waals surface area contributed by atoms with Crippen LogP contribution in [0.15, 0.2) is 60.7 Å². The molecule has 21 heavy (non-hydrogen) atoms. The first-order valence-electron chi connectivity index (χ1n) is 7.46. The second-order valence-electron chi connectivity index (χ2n) is 6.38. The van der Waals surface area contributed by atoms with Gasteiger partial charge in [-0.25, -0.2) is 0 Å². The zero-order valence-corrected chi connectivity index (χ0v) is 13.7. The van der Waals surface area contributed by atoms with E-state index in [0.717, 1.165) is 0 Å². The van der Waals surface area contributed by atoms with E-state index in [2.05, 4.69) is 85.7 Å². The van der Waals surface area contributed by atoms with Crippen molar-refractivity contribution in [1.82, 2.24) is 0 Å². The molecule has 0 aromatic heterocycles. The predicted molar refractivity (Wildman–Crippen MR) is 95.2 cm³/mol. The lowest BCUT2D eigenvalue weighted by Crippen LogP contribution is -2.58. The highest BCUT2D eigenvalue weighted by atomic mass is 28.3. The van der Waals surface area contributed by atoms with E-state index < -0.39 is 8.07 Å². The van der Waals surface area contributed by atoms with E-state index in [1.54, 1.807) is 5.19 Å². The van der Waals surface area contributed by atoms with Crippen LogP contribution in [0.25, 0.3) is 10.8 Å². The lowest BCUT2D eigenvalue weighted by atomic mass is 10.1. The van der Waals surface area contributed by atoms with Gasteiger partial charge < -0.3 is 4.90 Å². The maximum absolute atomic E-state index is 2.48. The van der Waals surface area contributed by atoms with Crippen molar-refractivity contribution in [3.05, 3.63) is 60.7 Å². The fraction of sp³-hybridized carbons (Fsp3) is 0.158. The first-order valence-corrected chi connectivity index (χ1v) is 10.5. The van der Waals surface area contributed by atoms with Crippen LogP contribution >= 0.6 is 0 Å². The minimum Gasteiger partial charge on any atom is -0.345 e. The molecule has 4 rings (SSSR count). The van der Waals surface area contributed by atoms with Gasteiger partial charge in [-0.15, -0.1) is 0 Å². The quantitative estimate of drug-likeness (QED) is 0.570. The smallest absolute Gasteiger partial charge is 0.118 e. The third-order valence-corrected chi connectivity index (χ3v) is 8.38. The Morgan fingerprint density at radius 1 is 0.762 bits per heavy atom. The topological polar surface area (TPSA) is 3.24 Å². The molecule has 3 aromatic carbocycles. The van der Waals surface area contributed by atoms with Crippen LogP contribution in [-0.2, 0) is 0 Å².